The number of rotatable bonds is 8. The molecule has 9 nitrogen and oxygen atoms in total. The summed E-state index contributed by atoms with van der Waals surface area (Å²) in [5, 5.41) is 13.3. The average molecular weight is 546 g/mol. The van der Waals surface area contributed by atoms with Gasteiger partial charge in [0.05, 0.1) is 27.0 Å². The van der Waals surface area contributed by atoms with Crippen LogP contribution in [0, 0.1) is 6.92 Å². The number of aryl methyl sites for hydroxylation is 1. The molecule has 0 aliphatic heterocycles. The molecule has 0 saturated heterocycles. The second-order valence-electron chi connectivity index (χ2n) is 9.25. The van der Waals surface area contributed by atoms with Crippen LogP contribution in [0.5, 0.6) is 11.5 Å². The number of aromatic nitrogens is 5. The molecule has 0 spiro atoms. The third-order valence-electron chi connectivity index (χ3n) is 6.33. The highest BCUT2D eigenvalue weighted by Crippen LogP contribution is 2.39. The van der Waals surface area contributed by atoms with E-state index >= 15 is 0 Å². The monoisotopic (exact) mass is 545 g/mol. The van der Waals surface area contributed by atoms with Gasteiger partial charge in [-0.1, -0.05) is 23.8 Å². The molecule has 10 heteroatoms. The van der Waals surface area contributed by atoms with E-state index in [-0.39, 0.29) is 0 Å². The number of hydrogen-bond acceptors (Lipinski definition) is 9. The van der Waals surface area contributed by atoms with Crippen molar-refractivity contribution in [2.24, 2.45) is 0 Å². The summed E-state index contributed by atoms with van der Waals surface area (Å²) in [4.78, 5) is 14.8. The zero-order valence-electron chi connectivity index (χ0n) is 21.4. The van der Waals surface area contributed by atoms with Gasteiger partial charge in [0.1, 0.15) is 22.8 Å². The van der Waals surface area contributed by atoms with Crippen molar-refractivity contribution in [2.45, 2.75) is 13.5 Å². The fourth-order valence-electron chi connectivity index (χ4n) is 4.26. The van der Waals surface area contributed by atoms with Crippen molar-refractivity contribution in [3.63, 3.8) is 0 Å². The predicted molar refractivity (Wildman–Crippen MR) is 157 cm³/mol. The molecule has 2 aromatic carbocycles. The molecular weight excluding hydrogens is 522 g/mol. The van der Waals surface area contributed by atoms with Crippen molar-refractivity contribution in [1.82, 2.24) is 25.1 Å². The Labute approximate surface area is 232 Å². The van der Waals surface area contributed by atoms with Gasteiger partial charge in [0.25, 0.3) is 6.01 Å². The maximum absolute atomic E-state index is 6.31. The van der Waals surface area contributed by atoms with Crippen molar-refractivity contribution in [3.8, 4) is 22.1 Å². The fourth-order valence-corrected chi connectivity index (χ4v) is 5.30. The quantitative estimate of drug-likeness (QED) is 0.178. The number of hydrogen-bond donors (Lipinski definition) is 3. The SMILES string of the molecule is Cc1ccc(Nc2nc3cc(Oc4ccnc5cc(-c6ccc(CNc7ccn[nH]7)cn6)sc45)ccc3o2)cc1. The molecule has 5 aromatic heterocycles. The van der Waals surface area contributed by atoms with Crippen molar-refractivity contribution >= 4 is 50.2 Å². The lowest BCUT2D eigenvalue weighted by Gasteiger charge is -2.06. The van der Waals surface area contributed by atoms with Gasteiger partial charge in [-0.15, -0.1) is 11.3 Å². The Balaban J connectivity index is 1.09. The molecule has 5 heterocycles. The van der Waals surface area contributed by atoms with Gasteiger partial charge in [0, 0.05) is 36.8 Å². The van der Waals surface area contributed by atoms with Gasteiger partial charge < -0.3 is 19.8 Å². The van der Waals surface area contributed by atoms with E-state index in [1.165, 1.54) is 5.56 Å². The fraction of sp³-hybridized carbons (Fsp3) is 0.0667. The number of fused-ring (bicyclic) bond motifs is 2. The first-order valence-corrected chi connectivity index (χ1v) is 13.5. The highest BCUT2D eigenvalue weighted by Gasteiger charge is 2.13. The van der Waals surface area contributed by atoms with Crippen LogP contribution in [0.25, 0.3) is 31.9 Å². The second kappa shape index (κ2) is 10.2. The lowest BCUT2D eigenvalue weighted by atomic mass is 10.2. The van der Waals surface area contributed by atoms with Gasteiger partial charge in [0.2, 0.25) is 0 Å². The van der Waals surface area contributed by atoms with Crippen LogP contribution >= 0.6 is 11.3 Å². The molecule has 0 aliphatic rings. The molecule has 0 bridgehead atoms. The van der Waals surface area contributed by atoms with Gasteiger partial charge in [-0.2, -0.15) is 10.1 Å². The normalized spacial score (nSPS) is 11.2. The Morgan fingerprint density at radius 1 is 0.925 bits per heavy atom. The number of nitrogens with one attached hydrogen (secondary N) is 3. The Hall–Kier alpha value is -5.22. The minimum Gasteiger partial charge on any atom is -0.456 e. The van der Waals surface area contributed by atoms with Gasteiger partial charge in [-0.3, -0.25) is 15.1 Å². The van der Waals surface area contributed by atoms with Crippen molar-refractivity contribution in [1.29, 1.82) is 0 Å². The third kappa shape index (κ3) is 4.95. The second-order valence-corrected chi connectivity index (χ2v) is 10.3. The smallest absolute Gasteiger partial charge is 0.300 e. The lowest BCUT2D eigenvalue weighted by molar-refractivity contribution is 0.489. The molecule has 3 N–H and O–H groups in total. The van der Waals surface area contributed by atoms with Crippen LogP contribution in [0.2, 0.25) is 0 Å². The number of aromatic amines is 1. The molecule has 0 saturated carbocycles. The number of H-pyrrole nitrogens is 1. The minimum absolute atomic E-state index is 0.431. The Morgan fingerprint density at radius 2 is 1.85 bits per heavy atom. The van der Waals surface area contributed by atoms with E-state index in [4.69, 9.17) is 9.15 Å². The topological polar surface area (TPSA) is 114 Å². The summed E-state index contributed by atoms with van der Waals surface area (Å²) in [6, 6.07) is 24.0. The van der Waals surface area contributed by atoms with Crippen molar-refractivity contribution in [3.05, 3.63) is 103 Å². The number of anilines is 3. The zero-order chi connectivity index (χ0) is 26.9. The lowest BCUT2D eigenvalue weighted by Crippen LogP contribution is -2.00. The summed E-state index contributed by atoms with van der Waals surface area (Å²) in [6.45, 7) is 2.71. The van der Waals surface area contributed by atoms with Gasteiger partial charge in [0.15, 0.2) is 5.58 Å². The van der Waals surface area contributed by atoms with Gasteiger partial charge in [-0.25, -0.2) is 0 Å². The largest absolute Gasteiger partial charge is 0.456 e. The van der Waals surface area contributed by atoms with E-state index in [9.17, 15) is 0 Å². The first kappa shape index (κ1) is 23.9. The molecular formula is C30H23N7O2S. The van der Waals surface area contributed by atoms with Crippen LogP contribution in [0.1, 0.15) is 11.1 Å². The van der Waals surface area contributed by atoms with Crippen LogP contribution < -0.4 is 15.4 Å². The maximum Gasteiger partial charge on any atom is 0.300 e. The van der Waals surface area contributed by atoms with E-state index in [0.717, 1.165) is 43.6 Å². The number of thiophene rings is 1. The van der Waals surface area contributed by atoms with E-state index in [0.29, 0.717) is 29.4 Å². The molecule has 0 aliphatic carbocycles. The minimum atomic E-state index is 0.431. The standard InChI is InChI=1S/C30H23N7O2S/c1-18-2-5-20(6-3-18)35-30-36-23-14-21(7-9-25(23)39-30)38-26-10-12-31-24-15-27(40-29(24)26)22-8-4-19(16-32-22)17-33-28-11-13-34-37-28/h2-16H,17H2,1H3,(H,35,36)(H2,33,34,37). The van der Waals surface area contributed by atoms with Gasteiger partial charge in [-0.05, 0) is 55.0 Å². The molecule has 7 rings (SSSR count). The molecule has 0 radical (unpaired) electrons. The molecule has 196 valence electrons. The van der Waals surface area contributed by atoms with E-state index in [1.807, 2.05) is 72.9 Å². The summed E-state index contributed by atoms with van der Waals surface area (Å²) in [7, 11) is 0. The summed E-state index contributed by atoms with van der Waals surface area (Å²) in [6.07, 6.45) is 5.35. The first-order valence-electron chi connectivity index (χ1n) is 12.7. The Morgan fingerprint density at radius 3 is 2.67 bits per heavy atom. The van der Waals surface area contributed by atoms with Gasteiger partial charge >= 0.3 is 0 Å². The van der Waals surface area contributed by atoms with Crippen LogP contribution in [-0.2, 0) is 6.54 Å². The molecule has 7 aromatic rings. The van der Waals surface area contributed by atoms with Crippen LogP contribution in [0.15, 0.2) is 95.8 Å². The zero-order valence-corrected chi connectivity index (χ0v) is 22.2. The first-order chi connectivity index (χ1) is 19.7. The molecule has 0 unspecified atom stereocenters. The Kier molecular flexibility index (Phi) is 6.06. The maximum atomic E-state index is 6.31. The summed E-state index contributed by atoms with van der Waals surface area (Å²) in [5.74, 6) is 2.26. The van der Waals surface area contributed by atoms with Crippen LogP contribution in [0.3, 0.4) is 0 Å². The summed E-state index contributed by atoms with van der Waals surface area (Å²) in [5.41, 5.74) is 6.30. The number of pyridine rings is 2. The van der Waals surface area contributed by atoms with E-state index < -0.39 is 0 Å². The molecule has 40 heavy (non-hydrogen) atoms. The highest BCUT2D eigenvalue weighted by atomic mass is 32.1. The molecule has 0 amide bonds. The molecule has 0 fully saturated rings. The van der Waals surface area contributed by atoms with Crippen LogP contribution in [0.4, 0.5) is 17.5 Å². The number of benzene rings is 2. The van der Waals surface area contributed by atoms with E-state index in [1.54, 1.807) is 23.7 Å². The predicted octanol–water partition coefficient (Wildman–Crippen LogP) is 7.68. The van der Waals surface area contributed by atoms with Crippen molar-refractivity contribution in [2.75, 3.05) is 10.6 Å². The van der Waals surface area contributed by atoms with E-state index in [2.05, 4.69) is 48.8 Å². The third-order valence-corrected chi connectivity index (χ3v) is 7.49. The summed E-state index contributed by atoms with van der Waals surface area (Å²) < 4.78 is 13.1. The summed E-state index contributed by atoms with van der Waals surface area (Å²) >= 11 is 1.60. The molecule has 0 atom stereocenters. The van der Waals surface area contributed by atoms with Crippen LogP contribution in [-0.4, -0.2) is 25.1 Å². The number of ether oxygens (including phenoxy) is 1. The Bertz CT molecular complexity index is 1910. The number of oxazole rings is 1. The highest BCUT2D eigenvalue weighted by molar-refractivity contribution is 7.22. The average Bonchev–Trinajstić information content (AvgIpc) is 3.73. The number of nitrogens with zero attached hydrogens (tertiary/aromatic N) is 4. The van der Waals surface area contributed by atoms with Crippen molar-refractivity contribution < 1.29 is 9.15 Å².